The van der Waals surface area contributed by atoms with Gasteiger partial charge in [0.2, 0.25) is 0 Å². The monoisotopic (exact) mass is 172 g/mol. The highest BCUT2D eigenvalue weighted by Gasteiger charge is 2.26. The number of rotatable bonds is 3. The molecular formula is C9H16O3. The van der Waals surface area contributed by atoms with Crippen LogP contribution in [-0.2, 0) is 9.53 Å². The van der Waals surface area contributed by atoms with Gasteiger partial charge in [-0.25, -0.2) is 0 Å². The molecule has 0 amide bonds. The zero-order valence-corrected chi connectivity index (χ0v) is 7.40. The molecule has 1 fully saturated rings. The van der Waals surface area contributed by atoms with E-state index < -0.39 is 0 Å². The lowest BCUT2D eigenvalue weighted by Crippen LogP contribution is -2.29. The Balaban J connectivity index is 2.32. The Morgan fingerprint density at radius 3 is 3.00 bits per heavy atom. The lowest BCUT2D eigenvalue weighted by molar-refractivity contribution is -0.131. The summed E-state index contributed by atoms with van der Waals surface area (Å²) in [6.07, 6.45) is 2.50. The van der Waals surface area contributed by atoms with Crippen LogP contribution in [0.15, 0.2) is 0 Å². The van der Waals surface area contributed by atoms with E-state index >= 15 is 0 Å². The van der Waals surface area contributed by atoms with E-state index in [0.717, 1.165) is 19.3 Å². The average Bonchev–Trinajstić information content (AvgIpc) is 2.07. The molecule has 0 radical (unpaired) electrons. The molecule has 1 N–H and O–H groups in total. The van der Waals surface area contributed by atoms with Crippen LogP contribution in [0.5, 0.6) is 0 Å². The van der Waals surface area contributed by atoms with Gasteiger partial charge in [0.25, 0.3) is 6.47 Å². The summed E-state index contributed by atoms with van der Waals surface area (Å²) in [6.45, 7) is 3.08. The van der Waals surface area contributed by atoms with E-state index in [2.05, 4.69) is 6.92 Å². The van der Waals surface area contributed by atoms with Gasteiger partial charge in [-0.05, 0) is 31.1 Å². The van der Waals surface area contributed by atoms with Crippen molar-refractivity contribution in [1.82, 2.24) is 0 Å². The minimum absolute atomic E-state index is 0.193. The van der Waals surface area contributed by atoms with Gasteiger partial charge in [0.1, 0.15) is 0 Å². The zero-order valence-electron chi connectivity index (χ0n) is 7.40. The highest BCUT2D eigenvalue weighted by Crippen LogP contribution is 2.29. The summed E-state index contributed by atoms with van der Waals surface area (Å²) in [5.41, 5.74) is 0. The molecule has 0 bridgehead atoms. The van der Waals surface area contributed by atoms with E-state index in [4.69, 9.17) is 4.74 Å². The Bertz CT molecular complexity index is 147. The minimum Gasteiger partial charge on any atom is -0.468 e. The molecule has 12 heavy (non-hydrogen) atoms. The fourth-order valence-corrected chi connectivity index (χ4v) is 1.79. The molecule has 1 aliphatic carbocycles. The second kappa shape index (κ2) is 4.45. The van der Waals surface area contributed by atoms with Gasteiger partial charge in [-0.1, -0.05) is 6.92 Å². The van der Waals surface area contributed by atoms with Gasteiger partial charge in [-0.2, -0.15) is 0 Å². The van der Waals surface area contributed by atoms with E-state index in [0.29, 0.717) is 24.9 Å². The zero-order chi connectivity index (χ0) is 8.97. The van der Waals surface area contributed by atoms with Crippen molar-refractivity contribution in [2.45, 2.75) is 32.3 Å². The summed E-state index contributed by atoms with van der Waals surface area (Å²) >= 11 is 0. The average molecular weight is 172 g/mol. The molecule has 0 heterocycles. The molecule has 1 rings (SSSR count). The Morgan fingerprint density at radius 1 is 1.58 bits per heavy atom. The van der Waals surface area contributed by atoms with E-state index in [-0.39, 0.29) is 6.10 Å². The van der Waals surface area contributed by atoms with Gasteiger partial charge < -0.3 is 9.84 Å². The number of aliphatic hydroxyl groups excluding tert-OH is 1. The van der Waals surface area contributed by atoms with Crippen molar-refractivity contribution >= 4 is 6.47 Å². The van der Waals surface area contributed by atoms with Crippen LogP contribution < -0.4 is 0 Å². The van der Waals surface area contributed by atoms with Crippen molar-refractivity contribution in [3.8, 4) is 0 Å². The van der Waals surface area contributed by atoms with Crippen molar-refractivity contribution in [2.24, 2.45) is 11.8 Å². The van der Waals surface area contributed by atoms with Crippen molar-refractivity contribution in [3.05, 3.63) is 0 Å². The molecule has 0 aliphatic heterocycles. The van der Waals surface area contributed by atoms with Crippen LogP contribution in [0.1, 0.15) is 26.2 Å². The Kier molecular flexibility index (Phi) is 3.53. The van der Waals surface area contributed by atoms with E-state index in [9.17, 15) is 9.90 Å². The SMILES string of the molecule is CC1CCC(O)CC1COC=O. The van der Waals surface area contributed by atoms with Crippen LogP contribution in [0.2, 0.25) is 0 Å². The second-order valence-electron chi connectivity index (χ2n) is 3.63. The normalized spacial score (nSPS) is 36.0. The number of carbonyl (C=O) groups excluding carboxylic acids is 1. The standard InChI is InChI=1S/C9H16O3/c1-7-2-3-9(11)4-8(7)5-12-6-10/h6-9,11H,2-5H2,1H3. The fraction of sp³-hybridized carbons (Fsp3) is 0.889. The maximum Gasteiger partial charge on any atom is 0.293 e. The Labute approximate surface area is 72.7 Å². The van der Waals surface area contributed by atoms with Crippen LogP contribution in [0.3, 0.4) is 0 Å². The third-order valence-corrected chi connectivity index (χ3v) is 2.71. The van der Waals surface area contributed by atoms with Crippen molar-refractivity contribution < 1.29 is 14.6 Å². The second-order valence-corrected chi connectivity index (χ2v) is 3.63. The minimum atomic E-state index is -0.193. The largest absolute Gasteiger partial charge is 0.468 e. The molecule has 3 atom stereocenters. The molecule has 3 nitrogen and oxygen atoms in total. The molecule has 0 aromatic carbocycles. The highest BCUT2D eigenvalue weighted by molar-refractivity contribution is 5.36. The molecule has 70 valence electrons. The van der Waals surface area contributed by atoms with Crippen molar-refractivity contribution in [1.29, 1.82) is 0 Å². The van der Waals surface area contributed by atoms with E-state index in [1.54, 1.807) is 0 Å². The van der Waals surface area contributed by atoms with Crippen LogP contribution in [0.25, 0.3) is 0 Å². The predicted molar refractivity (Wildman–Crippen MR) is 44.5 cm³/mol. The fourth-order valence-electron chi connectivity index (χ4n) is 1.79. The molecule has 3 unspecified atom stereocenters. The third kappa shape index (κ3) is 2.48. The van der Waals surface area contributed by atoms with Gasteiger partial charge in [0, 0.05) is 0 Å². The van der Waals surface area contributed by atoms with Gasteiger partial charge >= 0.3 is 0 Å². The third-order valence-electron chi connectivity index (χ3n) is 2.71. The maximum absolute atomic E-state index is 9.95. The van der Waals surface area contributed by atoms with Crippen LogP contribution in [0, 0.1) is 11.8 Å². The summed E-state index contributed by atoms with van der Waals surface area (Å²) in [6, 6.07) is 0. The Hall–Kier alpha value is -0.570. The van der Waals surface area contributed by atoms with E-state index in [1.807, 2.05) is 0 Å². The van der Waals surface area contributed by atoms with Gasteiger partial charge in [0.05, 0.1) is 12.7 Å². The first-order chi connectivity index (χ1) is 5.74. The summed E-state index contributed by atoms with van der Waals surface area (Å²) in [7, 11) is 0. The number of hydrogen-bond donors (Lipinski definition) is 1. The molecule has 3 heteroatoms. The number of aliphatic hydroxyl groups is 1. The lowest BCUT2D eigenvalue weighted by atomic mass is 9.79. The topological polar surface area (TPSA) is 46.5 Å². The van der Waals surface area contributed by atoms with Crippen molar-refractivity contribution in [3.63, 3.8) is 0 Å². The summed E-state index contributed by atoms with van der Waals surface area (Å²) in [5.74, 6) is 0.910. The lowest BCUT2D eigenvalue weighted by Gasteiger charge is -2.30. The highest BCUT2D eigenvalue weighted by atomic mass is 16.5. The summed E-state index contributed by atoms with van der Waals surface area (Å²) in [5, 5.41) is 9.35. The van der Waals surface area contributed by atoms with Crippen LogP contribution >= 0.6 is 0 Å². The first-order valence-electron chi connectivity index (χ1n) is 4.47. The summed E-state index contributed by atoms with van der Waals surface area (Å²) < 4.78 is 4.70. The molecule has 1 saturated carbocycles. The van der Waals surface area contributed by atoms with Crippen LogP contribution in [0.4, 0.5) is 0 Å². The molecule has 0 saturated heterocycles. The number of carbonyl (C=O) groups is 1. The van der Waals surface area contributed by atoms with Crippen LogP contribution in [-0.4, -0.2) is 24.3 Å². The smallest absolute Gasteiger partial charge is 0.293 e. The molecule has 0 aromatic rings. The number of ether oxygens (including phenoxy) is 1. The molecular weight excluding hydrogens is 156 g/mol. The van der Waals surface area contributed by atoms with Gasteiger partial charge in [0.15, 0.2) is 0 Å². The predicted octanol–water partition coefficient (Wildman–Crippen LogP) is 0.956. The van der Waals surface area contributed by atoms with Gasteiger partial charge in [-0.3, -0.25) is 4.79 Å². The molecule has 1 aliphatic rings. The Morgan fingerprint density at radius 2 is 2.33 bits per heavy atom. The van der Waals surface area contributed by atoms with Gasteiger partial charge in [-0.15, -0.1) is 0 Å². The molecule has 0 spiro atoms. The maximum atomic E-state index is 9.95. The van der Waals surface area contributed by atoms with E-state index in [1.165, 1.54) is 0 Å². The summed E-state index contributed by atoms with van der Waals surface area (Å²) in [4.78, 5) is 9.95. The number of hydrogen-bond acceptors (Lipinski definition) is 3. The quantitative estimate of drug-likeness (QED) is 0.645. The van der Waals surface area contributed by atoms with Crippen molar-refractivity contribution in [2.75, 3.05) is 6.61 Å². The molecule has 0 aromatic heterocycles. The first kappa shape index (κ1) is 9.52. The first-order valence-corrected chi connectivity index (χ1v) is 4.47.